The van der Waals surface area contributed by atoms with Crippen LogP contribution in [0, 0.1) is 11.8 Å². The van der Waals surface area contributed by atoms with Crippen LogP contribution in [-0.4, -0.2) is 35.4 Å². The highest BCUT2D eigenvalue weighted by atomic mass is 32.1. The smallest absolute Gasteiger partial charge is 0.321 e. The molecule has 0 spiro atoms. The quantitative estimate of drug-likeness (QED) is 0.794. The lowest BCUT2D eigenvalue weighted by atomic mass is 10.1. The van der Waals surface area contributed by atoms with Gasteiger partial charge >= 0.3 is 6.03 Å². The first-order chi connectivity index (χ1) is 10.9. The van der Waals surface area contributed by atoms with Crippen LogP contribution in [0.4, 0.5) is 15.1 Å². The van der Waals surface area contributed by atoms with Gasteiger partial charge < -0.3 is 10.2 Å². The van der Waals surface area contributed by atoms with E-state index >= 15 is 0 Å². The Kier molecular flexibility index (Phi) is 6.62. The van der Waals surface area contributed by atoms with Gasteiger partial charge in [0.25, 0.3) is 0 Å². The fourth-order valence-corrected chi connectivity index (χ4v) is 3.65. The minimum atomic E-state index is -0.168. The Morgan fingerprint density at radius 2 is 1.78 bits per heavy atom. The molecule has 2 rings (SSSR count). The summed E-state index contributed by atoms with van der Waals surface area (Å²) in [5, 5.41) is 15.6. The Hall–Kier alpha value is -1.37. The Morgan fingerprint density at radius 3 is 2.35 bits per heavy atom. The molecule has 23 heavy (non-hydrogen) atoms. The zero-order valence-corrected chi connectivity index (χ0v) is 15.4. The Balaban J connectivity index is 1.92. The lowest BCUT2D eigenvalue weighted by Gasteiger charge is -2.25. The Morgan fingerprint density at radius 1 is 1.17 bits per heavy atom. The van der Waals surface area contributed by atoms with Crippen molar-refractivity contribution in [2.24, 2.45) is 11.8 Å². The normalized spacial score (nSPS) is 15.4. The van der Waals surface area contributed by atoms with Crippen molar-refractivity contribution in [1.82, 2.24) is 15.5 Å². The van der Waals surface area contributed by atoms with Gasteiger partial charge in [0.1, 0.15) is 0 Å². The van der Waals surface area contributed by atoms with Crippen LogP contribution in [0.25, 0.3) is 0 Å². The predicted octanol–water partition coefficient (Wildman–Crippen LogP) is 3.72. The molecule has 0 aliphatic heterocycles. The van der Waals surface area contributed by atoms with Crippen molar-refractivity contribution in [2.75, 3.05) is 23.3 Å². The molecule has 7 heteroatoms. The molecule has 0 atom stereocenters. The number of urea groups is 1. The lowest BCUT2D eigenvalue weighted by Crippen LogP contribution is -2.36. The molecular formula is C16H29N5OS. The first kappa shape index (κ1) is 18.0. The molecule has 1 aliphatic rings. The minimum absolute atomic E-state index is 0.168. The zero-order valence-electron chi connectivity index (χ0n) is 14.6. The van der Waals surface area contributed by atoms with Gasteiger partial charge in [-0.15, -0.1) is 10.2 Å². The highest BCUT2D eigenvalue weighted by molar-refractivity contribution is 7.19. The monoisotopic (exact) mass is 339 g/mol. The summed E-state index contributed by atoms with van der Waals surface area (Å²) >= 11 is 1.44. The molecule has 130 valence electrons. The maximum atomic E-state index is 12.0. The molecule has 1 fully saturated rings. The minimum Gasteiger partial charge on any atom is -0.346 e. The summed E-state index contributed by atoms with van der Waals surface area (Å²) in [7, 11) is 0. The number of rotatable bonds is 7. The van der Waals surface area contributed by atoms with E-state index in [1.54, 1.807) is 0 Å². The van der Waals surface area contributed by atoms with Gasteiger partial charge in [0, 0.05) is 19.1 Å². The fourth-order valence-electron chi connectivity index (χ4n) is 2.89. The van der Waals surface area contributed by atoms with Crippen LogP contribution in [0.2, 0.25) is 0 Å². The molecule has 2 N–H and O–H groups in total. The first-order valence-electron chi connectivity index (χ1n) is 8.60. The second kappa shape index (κ2) is 8.47. The maximum Gasteiger partial charge on any atom is 0.321 e. The van der Waals surface area contributed by atoms with Crippen LogP contribution >= 0.6 is 11.3 Å². The largest absolute Gasteiger partial charge is 0.346 e. The van der Waals surface area contributed by atoms with E-state index in [2.05, 4.69) is 53.4 Å². The number of nitrogens with one attached hydrogen (secondary N) is 2. The molecule has 0 aromatic carbocycles. The summed E-state index contributed by atoms with van der Waals surface area (Å²) in [6, 6.07) is 0.139. The Labute approximate surface area is 143 Å². The Bertz CT molecular complexity index is 486. The van der Waals surface area contributed by atoms with E-state index in [-0.39, 0.29) is 6.03 Å². The number of carbonyl (C=O) groups excluding carboxylic acids is 1. The number of anilines is 2. The van der Waals surface area contributed by atoms with Crippen LogP contribution in [0.15, 0.2) is 0 Å². The molecule has 0 unspecified atom stereocenters. The fraction of sp³-hybridized carbons (Fsp3) is 0.812. The summed E-state index contributed by atoms with van der Waals surface area (Å²) in [5.74, 6) is 1.11. The van der Waals surface area contributed by atoms with Crippen molar-refractivity contribution in [1.29, 1.82) is 0 Å². The number of aromatic nitrogens is 2. The van der Waals surface area contributed by atoms with Crippen LogP contribution in [-0.2, 0) is 0 Å². The summed E-state index contributed by atoms with van der Waals surface area (Å²) < 4.78 is 0. The molecule has 0 saturated heterocycles. The molecule has 6 nitrogen and oxygen atoms in total. The SMILES string of the molecule is CC(C)CN(CC(C)C)c1nnc(NC(=O)NC2CCCC2)s1. The van der Waals surface area contributed by atoms with Gasteiger partial charge in [0.05, 0.1) is 0 Å². The topological polar surface area (TPSA) is 70.2 Å². The molecule has 1 saturated carbocycles. The number of hydrogen-bond acceptors (Lipinski definition) is 5. The molecular weight excluding hydrogens is 310 g/mol. The summed E-state index contributed by atoms with van der Waals surface area (Å²) in [6.07, 6.45) is 4.55. The molecule has 1 heterocycles. The molecule has 0 radical (unpaired) electrons. The van der Waals surface area contributed by atoms with Crippen molar-refractivity contribution in [3.05, 3.63) is 0 Å². The van der Waals surface area contributed by atoms with E-state index in [1.807, 2.05) is 0 Å². The lowest BCUT2D eigenvalue weighted by molar-refractivity contribution is 0.248. The van der Waals surface area contributed by atoms with Gasteiger partial charge in [-0.3, -0.25) is 5.32 Å². The van der Waals surface area contributed by atoms with E-state index in [0.717, 1.165) is 31.1 Å². The van der Waals surface area contributed by atoms with Gasteiger partial charge in [0.15, 0.2) is 0 Å². The van der Waals surface area contributed by atoms with Crippen molar-refractivity contribution >= 4 is 27.6 Å². The van der Waals surface area contributed by atoms with Crippen LogP contribution in [0.5, 0.6) is 0 Å². The molecule has 0 bridgehead atoms. The van der Waals surface area contributed by atoms with Gasteiger partial charge in [-0.2, -0.15) is 0 Å². The van der Waals surface area contributed by atoms with Crippen LogP contribution in [0.1, 0.15) is 53.4 Å². The van der Waals surface area contributed by atoms with E-state index in [9.17, 15) is 4.79 Å². The van der Waals surface area contributed by atoms with E-state index in [0.29, 0.717) is 23.0 Å². The standard InChI is InChI=1S/C16H29N5OS/c1-11(2)9-21(10-12(3)4)16-20-19-15(23-16)18-14(22)17-13-7-5-6-8-13/h11-13H,5-10H2,1-4H3,(H2,17,18,19,22). The van der Waals surface area contributed by atoms with Gasteiger partial charge in [0.2, 0.25) is 10.3 Å². The summed E-state index contributed by atoms with van der Waals surface area (Å²) in [4.78, 5) is 14.3. The van der Waals surface area contributed by atoms with Crippen molar-refractivity contribution in [3.63, 3.8) is 0 Å². The van der Waals surface area contributed by atoms with Crippen molar-refractivity contribution in [2.45, 2.75) is 59.4 Å². The summed E-state index contributed by atoms with van der Waals surface area (Å²) in [6.45, 7) is 10.7. The van der Waals surface area contributed by atoms with E-state index < -0.39 is 0 Å². The average molecular weight is 340 g/mol. The molecule has 2 amide bonds. The second-order valence-electron chi connectivity index (χ2n) is 7.16. The van der Waals surface area contributed by atoms with E-state index in [1.165, 1.54) is 24.2 Å². The third-order valence-electron chi connectivity index (χ3n) is 3.77. The predicted molar refractivity (Wildman–Crippen MR) is 96.2 cm³/mol. The number of nitrogens with zero attached hydrogens (tertiary/aromatic N) is 3. The molecule has 1 aromatic heterocycles. The second-order valence-corrected chi connectivity index (χ2v) is 8.12. The molecule has 1 aliphatic carbocycles. The van der Waals surface area contributed by atoms with Gasteiger partial charge in [-0.25, -0.2) is 4.79 Å². The third-order valence-corrected chi connectivity index (χ3v) is 4.67. The van der Waals surface area contributed by atoms with Crippen LogP contribution < -0.4 is 15.5 Å². The first-order valence-corrected chi connectivity index (χ1v) is 9.41. The van der Waals surface area contributed by atoms with Gasteiger partial charge in [-0.1, -0.05) is 51.9 Å². The summed E-state index contributed by atoms with van der Waals surface area (Å²) in [5.41, 5.74) is 0. The van der Waals surface area contributed by atoms with Gasteiger partial charge in [-0.05, 0) is 24.7 Å². The highest BCUT2D eigenvalue weighted by Gasteiger charge is 2.19. The maximum absolute atomic E-state index is 12.0. The van der Waals surface area contributed by atoms with Crippen molar-refractivity contribution < 1.29 is 4.79 Å². The highest BCUT2D eigenvalue weighted by Crippen LogP contribution is 2.26. The zero-order chi connectivity index (χ0) is 16.8. The van der Waals surface area contributed by atoms with Crippen LogP contribution in [0.3, 0.4) is 0 Å². The average Bonchev–Trinajstić information content (AvgIpc) is 3.08. The molecule has 1 aromatic rings. The third kappa shape index (κ3) is 5.97. The number of hydrogen-bond donors (Lipinski definition) is 2. The van der Waals surface area contributed by atoms with Crippen molar-refractivity contribution in [3.8, 4) is 0 Å². The number of carbonyl (C=O) groups is 1. The van der Waals surface area contributed by atoms with E-state index in [4.69, 9.17) is 0 Å². The number of amides is 2.